The summed E-state index contributed by atoms with van der Waals surface area (Å²) < 4.78 is 0. The van der Waals surface area contributed by atoms with Crippen LogP contribution in [0.3, 0.4) is 0 Å². The van der Waals surface area contributed by atoms with Gasteiger partial charge >= 0.3 is 6.03 Å². The Hall–Kier alpha value is -2.34. The average molecular weight is 315 g/mol. The quantitative estimate of drug-likeness (QED) is 0.914. The van der Waals surface area contributed by atoms with Crippen molar-refractivity contribution in [2.24, 2.45) is 0 Å². The number of anilines is 2. The number of hydrogen-bond donors (Lipinski definition) is 2. The lowest BCUT2D eigenvalue weighted by atomic mass is 10.2. The summed E-state index contributed by atoms with van der Waals surface area (Å²) >= 11 is 1.49. The lowest BCUT2D eigenvalue weighted by Crippen LogP contribution is -2.27. The number of aryl methyl sites for hydroxylation is 2. The molecule has 1 saturated heterocycles. The van der Waals surface area contributed by atoms with E-state index < -0.39 is 0 Å². The summed E-state index contributed by atoms with van der Waals surface area (Å²) in [5.41, 5.74) is 2.68. The van der Waals surface area contributed by atoms with Gasteiger partial charge in [0.15, 0.2) is 0 Å². The summed E-state index contributed by atoms with van der Waals surface area (Å²) in [4.78, 5) is 27.3. The number of nitrogens with one attached hydrogen (secondary N) is 2. The summed E-state index contributed by atoms with van der Waals surface area (Å²) in [6.07, 6.45) is 0. The highest BCUT2D eigenvalue weighted by Crippen LogP contribution is 2.23. The molecule has 3 rings (SSSR count). The van der Waals surface area contributed by atoms with Crippen LogP contribution < -0.4 is 15.5 Å². The molecular formula is C16H17N3O2S. The van der Waals surface area contributed by atoms with Crippen molar-refractivity contribution in [1.29, 1.82) is 0 Å². The molecule has 114 valence electrons. The molecule has 2 aromatic rings. The summed E-state index contributed by atoms with van der Waals surface area (Å²) in [5, 5.41) is 5.64. The lowest BCUT2D eigenvalue weighted by Gasteiger charge is -2.14. The van der Waals surface area contributed by atoms with E-state index in [-0.39, 0.29) is 11.9 Å². The number of amides is 3. The van der Waals surface area contributed by atoms with E-state index in [0.717, 1.165) is 21.8 Å². The lowest BCUT2D eigenvalue weighted by molar-refractivity contribution is 0.103. The van der Waals surface area contributed by atoms with Gasteiger partial charge in [0.05, 0.1) is 4.88 Å². The molecule has 2 heterocycles. The number of thiophene rings is 1. The molecule has 0 saturated carbocycles. The van der Waals surface area contributed by atoms with E-state index in [1.54, 1.807) is 4.90 Å². The zero-order chi connectivity index (χ0) is 15.7. The van der Waals surface area contributed by atoms with Crippen LogP contribution in [-0.4, -0.2) is 25.0 Å². The largest absolute Gasteiger partial charge is 0.336 e. The van der Waals surface area contributed by atoms with Crippen molar-refractivity contribution in [2.75, 3.05) is 23.3 Å². The third-order valence-corrected chi connectivity index (χ3v) is 4.83. The molecule has 5 nitrogen and oxygen atoms in total. The van der Waals surface area contributed by atoms with Crippen LogP contribution >= 0.6 is 11.3 Å². The third-order valence-electron chi connectivity index (χ3n) is 3.68. The van der Waals surface area contributed by atoms with Crippen LogP contribution in [-0.2, 0) is 0 Å². The fourth-order valence-electron chi connectivity index (χ4n) is 2.32. The molecule has 1 aliphatic rings. The maximum Gasteiger partial charge on any atom is 0.321 e. The minimum absolute atomic E-state index is 0.0821. The molecule has 0 unspecified atom stereocenters. The highest BCUT2D eigenvalue weighted by atomic mass is 32.1. The molecule has 0 radical (unpaired) electrons. The molecular weight excluding hydrogens is 298 g/mol. The fourth-order valence-corrected chi connectivity index (χ4v) is 3.25. The second kappa shape index (κ2) is 5.81. The van der Waals surface area contributed by atoms with Gasteiger partial charge in [-0.3, -0.25) is 9.69 Å². The number of nitrogens with zero attached hydrogens (tertiary/aromatic N) is 1. The van der Waals surface area contributed by atoms with Gasteiger partial charge in [0.1, 0.15) is 0 Å². The van der Waals surface area contributed by atoms with Crippen LogP contribution in [0, 0.1) is 13.8 Å². The minimum atomic E-state index is -0.104. The van der Waals surface area contributed by atoms with Crippen LogP contribution in [0.1, 0.15) is 20.1 Å². The number of hydrogen-bond acceptors (Lipinski definition) is 3. The molecule has 1 aliphatic heterocycles. The Bertz CT molecular complexity index is 702. The van der Waals surface area contributed by atoms with Crippen LogP contribution in [0.25, 0.3) is 0 Å². The van der Waals surface area contributed by atoms with Crippen molar-refractivity contribution in [2.45, 2.75) is 13.8 Å². The third kappa shape index (κ3) is 2.82. The van der Waals surface area contributed by atoms with E-state index in [4.69, 9.17) is 0 Å². The number of benzene rings is 1. The summed E-state index contributed by atoms with van der Waals surface area (Å²) in [7, 11) is 0. The molecule has 0 spiro atoms. The van der Waals surface area contributed by atoms with Gasteiger partial charge in [0, 0.05) is 29.3 Å². The first-order valence-electron chi connectivity index (χ1n) is 7.08. The number of carbonyl (C=O) groups is 2. The van der Waals surface area contributed by atoms with Gasteiger partial charge < -0.3 is 10.6 Å². The first-order chi connectivity index (χ1) is 10.5. The summed E-state index contributed by atoms with van der Waals surface area (Å²) in [6, 6.07) is 9.12. The summed E-state index contributed by atoms with van der Waals surface area (Å²) in [6.45, 7) is 5.33. The van der Waals surface area contributed by atoms with E-state index >= 15 is 0 Å². The Labute approximate surface area is 132 Å². The molecule has 3 amide bonds. The monoisotopic (exact) mass is 315 g/mol. The van der Waals surface area contributed by atoms with Crippen molar-refractivity contribution in [3.63, 3.8) is 0 Å². The Morgan fingerprint density at radius 1 is 1.27 bits per heavy atom. The molecule has 1 aromatic heterocycles. The molecule has 0 bridgehead atoms. The first kappa shape index (κ1) is 14.6. The summed E-state index contributed by atoms with van der Waals surface area (Å²) in [5.74, 6) is -0.104. The van der Waals surface area contributed by atoms with Gasteiger partial charge in [-0.25, -0.2) is 4.79 Å². The van der Waals surface area contributed by atoms with E-state index in [2.05, 4.69) is 10.6 Å². The molecule has 0 aliphatic carbocycles. The molecule has 6 heteroatoms. The van der Waals surface area contributed by atoms with Crippen molar-refractivity contribution in [3.8, 4) is 0 Å². The van der Waals surface area contributed by atoms with Crippen LogP contribution in [0.15, 0.2) is 30.3 Å². The maximum absolute atomic E-state index is 12.2. The maximum atomic E-state index is 12.2. The van der Waals surface area contributed by atoms with E-state index in [0.29, 0.717) is 18.0 Å². The number of carbonyl (C=O) groups excluding carboxylic acids is 2. The topological polar surface area (TPSA) is 61.4 Å². The first-order valence-corrected chi connectivity index (χ1v) is 7.90. The smallest absolute Gasteiger partial charge is 0.321 e. The molecule has 0 atom stereocenters. The Morgan fingerprint density at radius 3 is 2.55 bits per heavy atom. The van der Waals surface area contributed by atoms with Crippen molar-refractivity contribution < 1.29 is 9.59 Å². The van der Waals surface area contributed by atoms with Crippen LogP contribution in [0.2, 0.25) is 0 Å². The SMILES string of the molecule is Cc1cc(C(=O)Nc2ccc(N3CCNC3=O)cc2)sc1C. The average Bonchev–Trinajstić information content (AvgIpc) is 3.07. The minimum Gasteiger partial charge on any atom is -0.336 e. The molecule has 2 N–H and O–H groups in total. The fraction of sp³-hybridized carbons (Fsp3) is 0.250. The van der Waals surface area contributed by atoms with Crippen molar-refractivity contribution >= 4 is 34.6 Å². The predicted octanol–water partition coefficient (Wildman–Crippen LogP) is 3.15. The van der Waals surface area contributed by atoms with Crippen molar-refractivity contribution in [3.05, 3.63) is 45.6 Å². The van der Waals surface area contributed by atoms with Gasteiger partial charge in [-0.1, -0.05) is 0 Å². The second-order valence-electron chi connectivity index (χ2n) is 5.23. The van der Waals surface area contributed by atoms with Crippen LogP contribution in [0.5, 0.6) is 0 Å². The number of urea groups is 1. The van der Waals surface area contributed by atoms with E-state index in [9.17, 15) is 9.59 Å². The van der Waals surface area contributed by atoms with Gasteiger partial charge in [0.2, 0.25) is 0 Å². The van der Waals surface area contributed by atoms with Crippen molar-refractivity contribution in [1.82, 2.24) is 5.32 Å². The highest BCUT2D eigenvalue weighted by Gasteiger charge is 2.20. The van der Waals surface area contributed by atoms with Gasteiger partial charge in [-0.15, -0.1) is 11.3 Å². The van der Waals surface area contributed by atoms with Crippen LogP contribution in [0.4, 0.5) is 16.2 Å². The Morgan fingerprint density at radius 2 is 2.00 bits per heavy atom. The normalized spacial score (nSPS) is 14.1. The van der Waals surface area contributed by atoms with Gasteiger partial charge in [-0.2, -0.15) is 0 Å². The molecule has 1 fully saturated rings. The molecule has 22 heavy (non-hydrogen) atoms. The second-order valence-corrected chi connectivity index (χ2v) is 6.49. The Kier molecular flexibility index (Phi) is 3.85. The van der Waals surface area contributed by atoms with Gasteiger partial charge in [-0.05, 0) is 49.7 Å². The van der Waals surface area contributed by atoms with E-state index in [1.807, 2.05) is 44.2 Å². The van der Waals surface area contributed by atoms with E-state index in [1.165, 1.54) is 11.3 Å². The highest BCUT2D eigenvalue weighted by molar-refractivity contribution is 7.14. The number of rotatable bonds is 3. The zero-order valence-electron chi connectivity index (χ0n) is 12.5. The Balaban J connectivity index is 1.70. The predicted molar refractivity (Wildman–Crippen MR) is 88.9 cm³/mol. The molecule has 1 aromatic carbocycles. The van der Waals surface area contributed by atoms with Gasteiger partial charge in [0.25, 0.3) is 5.91 Å². The zero-order valence-corrected chi connectivity index (χ0v) is 13.3. The standard InChI is InChI=1S/C16H17N3O2S/c1-10-9-14(22-11(10)2)15(20)18-12-3-5-13(6-4-12)19-8-7-17-16(19)21/h3-6,9H,7-8H2,1-2H3,(H,17,21)(H,18,20).